The SMILES string of the molecule is CSc1ncccc1C(=O)N[C@@H]1CC(=O)N(CCc2ccc(F)cc2)C1. The minimum absolute atomic E-state index is 0.0219. The molecule has 0 aliphatic carbocycles. The molecule has 1 N–H and O–H groups in total. The van der Waals surface area contributed by atoms with E-state index in [1.807, 2.05) is 6.26 Å². The third-order valence-electron chi connectivity index (χ3n) is 4.34. The number of nitrogens with one attached hydrogen (secondary N) is 1. The van der Waals surface area contributed by atoms with Crippen molar-refractivity contribution in [1.29, 1.82) is 0 Å². The summed E-state index contributed by atoms with van der Waals surface area (Å²) in [5.74, 6) is -0.455. The number of benzene rings is 1. The Hall–Kier alpha value is -2.41. The first kappa shape index (κ1) is 18.4. The molecule has 5 nitrogen and oxygen atoms in total. The number of carbonyl (C=O) groups excluding carboxylic acids is 2. The van der Waals surface area contributed by atoms with E-state index >= 15 is 0 Å². The molecular formula is C19H20FN3O2S. The van der Waals surface area contributed by atoms with Crippen LogP contribution in [-0.2, 0) is 11.2 Å². The maximum Gasteiger partial charge on any atom is 0.254 e. The van der Waals surface area contributed by atoms with Gasteiger partial charge in [-0.3, -0.25) is 9.59 Å². The van der Waals surface area contributed by atoms with Crippen LogP contribution < -0.4 is 5.32 Å². The summed E-state index contributed by atoms with van der Waals surface area (Å²) in [5.41, 5.74) is 1.50. The van der Waals surface area contributed by atoms with Crippen molar-refractivity contribution < 1.29 is 14.0 Å². The molecule has 1 atom stereocenters. The Morgan fingerprint density at radius 1 is 1.35 bits per heavy atom. The number of aromatic nitrogens is 1. The average molecular weight is 373 g/mol. The Kier molecular flexibility index (Phi) is 5.88. The highest BCUT2D eigenvalue weighted by Gasteiger charge is 2.30. The topological polar surface area (TPSA) is 62.3 Å². The Balaban J connectivity index is 1.55. The summed E-state index contributed by atoms with van der Waals surface area (Å²) < 4.78 is 12.9. The lowest BCUT2D eigenvalue weighted by Crippen LogP contribution is -2.37. The van der Waals surface area contributed by atoms with Gasteiger partial charge >= 0.3 is 0 Å². The fourth-order valence-corrected chi connectivity index (χ4v) is 3.54. The maximum atomic E-state index is 12.9. The standard InChI is InChI=1S/C19H20FN3O2S/c1-26-19-16(3-2-9-21-19)18(25)22-15-11-17(24)23(12-15)10-8-13-4-6-14(20)7-5-13/h2-7,9,15H,8,10-12H2,1H3,(H,22,25)/t15-/m1/s1. The van der Waals surface area contributed by atoms with Gasteiger partial charge in [0.25, 0.3) is 5.91 Å². The fourth-order valence-electron chi connectivity index (χ4n) is 2.99. The number of thioether (sulfide) groups is 1. The lowest BCUT2D eigenvalue weighted by molar-refractivity contribution is -0.127. The van der Waals surface area contributed by atoms with Crippen molar-refractivity contribution in [2.24, 2.45) is 0 Å². The van der Waals surface area contributed by atoms with E-state index in [1.54, 1.807) is 35.4 Å². The zero-order valence-electron chi connectivity index (χ0n) is 14.4. The van der Waals surface area contributed by atoms with E-state index in [2.05, 4.69) is 10.3 Å². The number of hydrogen-bond acceptors (Lipinski definition) is 4. The normalized spacial score (nSPS) is 16.8. The molecular weight excluding hydrogens is 353 g/mol. The molecule has 1 aliphatic rings. The van der Waals surface area contributed by atoms with Crippen molar-refractivity contribution in [3.05, 3.63) is 59.5 Å². The van der Waals surface area contributed by atoms with Gasteiger partial charge in [0.1, 0.15) is 10.8 Å². The maximum absolute atomic E-state index is 12.9. The molecule has 0 saturated carbocycles. The van der Waals surface area contributed by atoms with Crippen LogP contribution in [0.5, 0.6) is 0 Å². The molecule has 1 aliphatic heterocycles. The first-order chi connectivity index (χ1) is 12.6. The van der Waals surface area contributed by atoms with Gasteiger partial charge in [0.15, 0.2) is 0 Å². The molecule has 0 radical (unpaired) electrons. The number of hydrogen-bond donors (Lipinski definition) is 1. The summed E-state index contributed by atoms with van der Waals surface area (Å²) in [5, 5.41) is 3.60. The second-order valence-corrected chi connectivity index (χ2v) is 6.95. The number of likely N-dealkylation sites (tertiary alicyclic amines) is 1. The molecule has 0 unspecified atom stereocenters. The van der Waals surface area contributed by atoms with Gasteiger partial charge in [0, 0.05) is 25.7 Å². The van der Waals surface area contributed by atoms with Crippen molar-refractivity contribution in [2.75, 3.05) is 19.3 Å². The zero-order chi connectivity index (χ0) is 18.5. The van der Waals surface area contributed by atoms with E-state index in [4.69, 9.17) is 0 Å². The van der Waals surface area contributed by atoms with E-state index in [-0.39, 0.29) is 23.7 Å². The van der Waals surface area contributed by atoms with Crippen molar-refractivity contribution in [3.8, 4) is 0 Å². The highest BCUT2D eigenvalue weighted by Crippen LogP contribution is 2.18. The van der Waals surface area contributed by atoms with Crippen LogP contribution >= 0.6 is 11.8 Å². The van der Waals surface area contributed by atoms with Crippen LogP contribution in [-0.4, -0.2) is 47.1 Å². The Labute approximate surface area is 156 Å². The van der Waals surface area contributed by atoms with E-state index in [1.165, 1.54) is 23.9 Å². The van der Waals surface area contributed by atoms with Crippen LogP contribution in [0.15, 0.2) is 47.6 Å². The Bertz CT molecular complexity index is 798. The minimum atomic E-state index is -0.270. The van der Waals surface area contributed by atoms with E-state index < -0.39 is 0 Å². The third kappa shape index (κ3) is 4.40. The monoisotopic (exact) mass is 373 g/mol. The first-order valence-corrected chi connectivity index (χ1v) is 9.61. The van der Waals surface area contributed by atoms with Gasteiger partial charge in [-0.15, -0.1) is 11.8 Å². The molecule has 0 bridgehead atoms. The number of halogens is 1. The molecule has 1 aromatic heterocycles. The summed E-state index contributed by atoms with van der Waals surface area (Å²) >= 11 is 1.41. The number of amides is 2. The highest BCUT2D eigenvalue weighted by molar-refractivity contribution is 7.98. The molecule has 2 heterocycles. The third-order valence-corrected chi connectivity index (χ3v) is 5.05. The predicted octanol–water partition coefficient (Wildman–Crippen LogP) is 2.52. The Morgan fingerprint density at radius 3 is 2.85 bits per heavy atom. The molecule has 1 fully saturated rings. The largest absolute Gasteiger partial charge is 0.347 e. The van der Waals surface area contributed by atoms with Crippen LogP contribution in [0.1, 0.15) is 22.3 Å². The molecule has 3 rings (SSSR count). The number of carbonyl (C=O) groups is 2. The molecule has 1 aromatic carbocycles. The fraction of sp³-hybridized carbons (Fsp3) is 0.316. The van der Waals surface area contributed by atoms with Crippen LogP contribution in [0, 0.1) is 5.82 Å². The minimum Gasteiger partial charge on any atom is -0.347 e. The number of nitrogens with zero attached hydrogens (tertiary/aromatic N) is 2. The lowest BCUT2D eigenvalue weighted by atomic mass is 10.1. The molecule has 2 amide bonds. The molecule has 2 aromatic rings. The summed E-state index contributed by atoms with van der Waals surface area (Å²) in [7, 11) is 0. The van der Waals surface area contributed by atoms with Gasteiger partial charge in [-0.25, -0.2) is 9.37 Å². The molecule has 7 heteroatoms. The van der Waals surface area contributed by atoms with Crippen LogP contribution in [0.25, 0.3) is 0 Å². The second-order valence-electron chi connectivity index (χ2n) is 6.15. The predicted molar refractivity (Wildman–Crippen MR) is 98.6 cm³/mol. The van der Waals surface area contributed by atoms with E-state index in [9.17, 15) is 14.0 Å². The molecule has 1 saturated heterocycles. The summed E-state index contributed by atoms with van der Waals surface area (Å²) in [6.45, 7) is 1.04. The smallest absolute Gasteiger partial charge is 0.254 e. The van der Waals surface area contributed by atoms with Gasteiger partial charge in [-0.05, 0) is 42.5 Å². The Morgan fingerprint density at radius 2 is 2.12 bits per heavy atom. The first-order valence-electron chi connectivity index (χ1n) is 8.39. The number of pyridine rings is 1. The van der Waals surface area contributed by atoms with Crippen molar-refractivity contribution >= 4 is 23.6 Å². The molecule has 136 valence electrons. The average Bonchev–Trinajstić information content (AvgIpc) is 3.00. The van der Waals surface area contributed by atoms with Crippen molar-refractivity contribution in [3.63, 3.8) is 0 Å². The van der Waals surface area contributed by atoms with Gasteiger partial charge in [-0.2, -0.15) is 0 Å². The quantitative estimate of drug-likeness (QED) is 0.791. The van der Waals surface area contributed by atoms with Gasteiger partial charge in [0.2, 0.25) is 5.91 Å². The van der Waals surface area contributed by atoms with E-state index in [0.717, 1.165) is 5.56 Å². The van der Waals surface area contributed by atoms with Crippen LogP contribution in [0.3, 0.4) is 0 Å². The summed E-state index contributed by atoms with van der Waals surface area (Å²) in [4.78, 5) is 30.6. The zero-order valence-corrected chi connectivity index (χ0v) is 15.3. The van der Waals surface area contributed by atoms with Crippen molar-refractivity contribution in [2.45, 2.75) is 23.9 Å². The van der Waals surface area contributed by atoms with Crippen LogP contribution in [0.2, 0.25) is 0 Å². The second kappa shape index (κ2) is 8.31. The summed E-state index contributed by atoms with van der Waals surface area (Å²) in [6.07, 6.45) is 4.48. The molecule has 0 spiro atoms. The van der Waals surface area contributed by atoms with E-state index in [0.29, 0.717) is 36.5 Å². The van der Waals surface area contributed by atoms with Gasteiger partial charge in [-0.1, -0.05) is 12.1 Å². The highest BCUT2D eigenvalue weighted by atomic mass is 32.2. The van der Waals surface area contributed by atoms with Gasteiger partial charge < -0.3 is 10.2 Å². The lowest BCUT2D eigenvalue weighted by Gasteiger charge is -2.17. The molecule has 26 heavy (non-hydrogen) atoms. The summed E-state index contributed by atoms with van der Waals surface area (Å²) in [6, 6.07) is 9.53. The van der Waals surface area contributed by atoms with Gasteiger partial charge in [0.05, 0.1) is 11.6 Å². The van der Waals surface area contributed by atoms with Crippen LogP contribution in [0.4, 0.5) is 4.39 Å². The van der Waals surface area contributed by atoms with Crippen molar-refractivity contribution in [1.82, 2.24) is 15.2 Å². The number of rotatable bonds is 6.